The van der Waals surface area contributed by atoms with Crippen molar-refractivity contribution in [3.63, 3.8) is 0 Å². The Morgan fingerprint density at radius 1 is 1.45 bits per heavy atom. The van der Waals surface area contributed by atoms with Gasteiger partial charge in [0.05, 0.1) is 4.92 Å². The molecule has 0 saturated heterocycles. The summed E-state index contributed by atoms with van der Waals surface area (Å²) in [5.74, 6) is 0.851. The molecule has 1 aliphatic rings. The van der Waals surface area contributed by atoms with E-state index in [1.165, 1.54) is 25.5 Å². The summed E-state index contributed by atoms with van der Waals surface area (Å²) in [6, 6.07) is 0.340. The second-order valence-electron chi connectivity index (χ2n) is 4.99. The van der Waals surface area contributed by atoms with Crippen LogP contribution < -0.4 is 10.2 Å². The topological polar surface area (TPSA) is 84.2 Å². The predicted molar refractivity (Wildman–Crippen MR) is 78.1 cm³/mol. The van der Waals surface area contributed by atoms with Gasteiger partial charge in [0.2, 0.25) is 11.8 Å². The Hall–Kier alpha value is -1.92. The van der Waals surface area contributed by atoms with Crippen molar-refractivity contribution >= 4 is 17.5 Å². The average Bonchev–Trinajstić information content (AvgIpc) is 2.48. The van der Waals surface area contributed by atoms with E-state index in [-0.39, 0.29) is 5.69 Å². The number of nitrogens with one attached hydrogen (secondary N) is 1. The van der Waals surface area contributed by atoms with Gasteiger partial charge in [-0.3, -0.25) is 10.1 Å². The van der Waals surface area contributed by atoms with E-state index in [0.29, 0.717) is 24.4 Å². The van der Waals surface area contributed by atoms with E-state index in [2.05, 4.69) is 20.2 Å². The van der Waals surface area contributed by atoms with Crippen LogP contribution in [0.15, 0.2) is 6.20 Å². The zero-order valence-electron chi connectivity index (χ0n) is 12.0. The van der Waals surface area contributed by atoms with Gasteiger partial charge in [-0.15, -0.1) is 0 Å². The van der Waals surface area contributed by atoms with Gasteiger partial charge in [0.1, 0.15) is 6.20 Å². The van der Waals surface area contributed by atoms with E-state index in [4.69, 9.17) is 0 Å². The van der Waals surface area contributed by atoms with Crippen LogP contribution in [0.2, 0.25) is 0 Å². The molecule has 1 saturated carbocycles. The molecule has 7 nitrogen and oxygen atoms in total. The molecule has 110 valence electrons. The van der Waals surface area contributed by atoms with Crippen LogP contribution in [-0.2, 0) is 0 Å². The maximum absolute atomic E-state index is 11.2. The minimum Gasteiger partial charge on any atom is -0.357 e. The first-order valence-electron chi connectivity index (χ1n) is 7.13. The van der Waals surface area contributed by atoms with Crippen LogP contribution in [0.5, 0.6) is 0 Å². The van der Waals surface area contributed by atoms with Crippen LogP contribution in [-0.4, -0.2) is 34.5 Å². The van der Waals surface area contributed by atoms with Crippen LogP contribution in [0.4, 0.5) is 17.5 Å². The van der Waals surface area contributed by atoms with Gasteiger partial charge in [0, 0.05) is 19.6 Å². The maximum Gasteiger partial charge on any atom is 0.329 e. The number of aromatic nitrogens is 2. The molecule has 1 N–H and O–H groups in total. The molecule has 0 aliphatic heterocycles. The average molecular weight is 279 g/mol. The fourth-order valence-electron chi connectivity index (χ4n) is 2.80. The summed E-state index contributed by atoms with van der Waals surface area (Å²) in [6.45, 7) is 2.73. The lowest BCUT2D eigenvalue weighted by Crippen LogP contribution is -2.37. The third-order valence-electron chi connectivity index (χ3n) is 3.80. The summed E-state index contributed by atoms with van der Waals surface area (Å²) in [4.78, 5) is 21.1. The van der Waals surface area contributed by atoms with E-state index in [1.807, 2.05) is 6.92 Å². The van der Waals surface area contributed by atoms with Crippen LogP contribution in [0.1, 0.15) is 39.0 Å². The van der Waals surface area contributed by atoms with E-state index >= 15 is 0 Å². The number of nitrogens with zero attached hydrogens (tertiary/aromatic N) is 4. The first-order valence-corrected chi connectivity index (χ1v) is 7.13. The van der Waals surface area contributed by atoms with Crippen molar-refractivity contribution in [2.45, 2.75) is 45.1 Å². The van der Waals surface area contributed by atoms with Crippen molar-refractivity contribution in [1.29, 1.82) is 0 Å². The van der Waals surface area contributed by atoms with Crippen molar-refractivity contribution < 1.29 is 4.92 Å². The Morgan fingerprint density at radius 2 is 2.15 bits per heavy atom. The lowest BCUT2D eigenvalue weighted by atomic mass is 9.94. The van der Waals surface area contributed by atoms with Crippen molar-refractivity contribution in [3.05, 3.63) is 16.3 Å². The Bertz CT molecular complexity index is 474. The maximum atomic E-state index is 11.2. The van der Waals surface area contributed by atoms with Crippen LogP contribution in [0.3, 0.4) is 0 Å². The molecule has 0 spiro atoms. The summed E-state index contributed by atoms with van der Waals surface area (Å²) in [5, 5.41) is 14.0. The number of nitro groups is 1. The molecule has 20 heavy (non-hydrogen) atoms. The molecule has 0 atom stereocenters. The quantitative estimate of drug-likeness (QED) is 0.658. The summed E-state index contributed by atoms with van der Waals surface area (Å²) in [5.41, 5.74) is -0.0172. The zero-order valence-corrected chi connectivity index (χ0v) is 12.0. The van der Waals surface area contributed by atoms with E-state index < -0.39 is 4.92 Å². The summed E-state index contributed by atoms with van der Waals surface area (Å²) in [7, 11) is 1.71. The van der Waals surface area contributed by atoms with Gasteiger partial charge in [-0.25, -0.2) is 4.98 Å². The van der Waals surface area contributed by atoms with Gasteiger partial charge >= 0.3 is 5.69 Å². The third kappa shape index (κ3) is 2.97. The fraction of sp³-hybridized carbons (Fsp3) is 0.692. The first-order chi connectivity index (χ1) is 9.67. The summed E-state index contributed by atoms with van der Waals surface area (Å²) < 4.78 is 0. The molecule has 7 heteroatoms. The Morgan fingerprint density at radius 3 is 2.70 bits per heavy atom. The molecule has 0 unspecified atom stereocenters. The highest BCUT2D eigenvalue weighted by molar-refractivity contribution is 5.59. The molecule has 1 heterocycles. The van der Waals surface area contributed by atoms with Gasteiger partial charge < -0.3 is 10.2 Å². The molecule has 0 aromatic carbocycles. The molecule has 2 rings (SSSR count). The Kier molecular flexibility index (Phi) is 4.70. The molecule has 0 bridgehead atoms. The SMILES string of the molecule is CCN(c1nc(NC)ncc1[N+](=O)[O-])C1CCCCC1. The highest BCUT2D eigenvalue weighted by Crippen LogP contribution is 2.32. The highest BCUT2D eigenvalue weighted by atomic mass is 16.6. The molecule has 0 radical (unpaired) electrons. The van der Waals surface area contributed by atoms with Crippen molar-refractivity contribution in [2.24, 2.45) is 0 Å². The van der Waals surface area contributed by atoms with E-state index in [0.717, 1.165) is 12.8 Å². The molecule has 1 aromatic rings. The van der Waals surface area contributed by atoms with Crippen molar-refractivity contribution in [2.75, 3.05) is 23.8 Å². The number of hydrogen-bond donors (Lipinski definition) is 1. The third-order valence-corrected chi connectivity index (χ3v) is 3.80. The van der Waals surface area contributed by atoms with Crippen molar-refractivity contribution in [3.8, 4) is 0 Å². The number of rotatable bonds is 5. The first kappa shape index (κ1) is 14.5. The van der Waals surface area contributed by atoms with Gasteiger partial charge in [-0.05, 0) is 19.8 Å². The minimum atomic E-state index is -0.403. The molecular formula is C13H21N5O2. The lowest BCUT2D eigenvalue weighted by molar-refractivity contribution is -0.384. The molecule has 1 fully saturated rings. The van der Waals surface area contributed by atoms with Crippen LogP contribution in [0, 0.1) is 10.1 Å². The smallest absolute Gasteiger partial charge is 0.329 e. The molecule has 1 aliphatic carbocycles. The van der Waals surface area contributed by atoms with Crippen LogP contribution in [0.25, 0.3) is 0 Å². The summed E-state index contributed by atoms with van der Waals surface area (Å²) >= 11 is 0. The predicted octanol–water partition coefficient (Wildman–Crippen LogP) is 2.59. The second-order valence-corrected chi connectivity index (χ2v) is 4.99. The fourth-order valence-corrected chi connectivity index (χ4v) is 2.80. The van der Waals surface area contributed by atoms with Gasteiger partial charge in [0.15, 0.2) is 0 Å². The Labute approximate surface area is 118 Å². The largest absolute Gasteiger partial charge is 0.357 e. The lowest BCUT2D eigenvalue weighted by Gasteiger charge is -2.34. The van der Waals surface area contributed by atoms with Gasteiger partial charge in [-0.1, -0.05) is 19.3 Å². The minimum absolute atomic E-state index is 0.0172. The summed E-state index contributed by atoms with van der Waals surface area (Å²) in [6.07, 6.45) is 7.05. The number of anilines is 2. The standard InChI is InChI=1S/C13H21N5O2/c1-3-17(10-7-5-4-6-8-10)12-11(18(19)20)9-15-13(14-2)16-12/h9-10H,3-8H2,1-2H3,(H,14,15,16). The van der Waals surface area contributed by atoms with Gasteiger partial charge in [0.25, 0.3) is 0 Å². The molecule has 1 aromatic heterocycles. The second kappa shape index (κ2) is 6.49. The number of hydrogen-bond acceptors (Lipinski definition) is 6. The van der Waals surface area contributed by atoms with Gasteiger partial charge in [-0.2, -0.15) is 4.98 Å². The monoisotopic (exact) mass is 279 g/mol. The Balaban J connectivity index is 2.37. The molecule has 0 amide bonds. The van der Waals surface area contributed by atoms with Crippen molar-refractivity contribution in [1.82, 2.24) is 9.97 Å². The molecular weight excluding hydrogens is 258 g/mol. The highest BCUT2D eigenvalue weighted by Gasteiger charge is 2.28. The van der Waals surface area contributed by atoms with Crippen LogP contribution >= 0.6 is 0 Å². The van der Waals surface area contributed by atoms with E-state index in [1.54, 1.807) is 7.05 Å². The van der Waals surface area contributed by atoms with E-state index in [9.17, 15) is 10.1 Å². The zero-order chi connectivity index (χ0) is 14.5. The normalized spacial score (nSPS) is 15.9.